The van der Waals surface area contributed by atoms with Crippen LogP contribution in [0.15, 0.2) is 29.7 Å². The quantitative estimate of drug-likeness (QED) is 0.536. The smallest absolute Gasteiger partial charge is 0.478 e. The molecule has 3 N–H and O–H groups in total. The number of carboxylic acid groups (broad SMARTS) is 1. The van der Waals surface area contributed by atoms with Gasteiger partial charge in [-0.25, -0.2) is 4.79 Å². The van der Waals surface area contributed by atoms with E-state index in [1.807, 2.05) is 17.5 Å². The summed E-state index contributed by atoms with van der Waals surface area (Å²) in [6.45, 7) is 3.45. The van der Waals surface area contributed by atoms with Crippen LogP contribution in [0, 0.1) is 0 Å². The van der Waals surface area contributed by atoms with E-state index in [1.165, 1.54) is 11.3 Å². The SMILES string of the molecule is C=C(C[C@@H]1CCC(NC(=O)Cc2cccs2)B(O)O1)C(=O)O. The topological polar surface area (TPSA) is 95.9 Å². The average Bonchev–Trinajstić information content (AvgIpc) is 2.94. The third-order valence-corrected chi connectivity index (χ3v) is 4.39. The standard InChI is InChI=1S/C14H18BNO5S/c1-9(14(18)19)7-10-4-5-12(15(20)21-10)16-13(17)8-11-3-2-6-22-11/h2-3,6,10,12,20H,1,4-5,7-8H2,(H,16,17)(H,18,19)/t10-,12?/m0/s1. The van der Waals surface area contributed by atoms with Crippen molar-refractivity contribution in [1.82, 2.24) is 5.32 Å². The average molecular weight is 323 g/mol. The summed E-state index contributed by atoms with van der Waals surface area (Å²) >= 11 is 1.50. The van der Waals surface area contributed by atoms with E-state index in [0.717, 1.165) is 4.88 Å². The van der Waals surface area contributed by atoms with Gasteiger partial charge in [0.05, 0.1) is 12.4 Å². The van der Waals surface area contributed by atoms with Crippen LogP contribution in [-0.2, 0) is 20.7 Å². The summed E-state index contributed by atoms with van der Waals surface area (Å²) in [4.78, 5) is 23.6. The summed E-state index contributed by atoms with van der Waals surface area (Å²) < 4.78 is 5.38. The number of hydrogen-bond donors (Lipinski definition) is 3. The fraction of sp³-hybridized carbons (Fsp3) is 0.429. The van der Waals surface area contributed by atoms with Crippen LogP contribution >= 0.6 is 11.3 Å². The van der Waals surface area contributed by atoms with E-state index >= 15 is 0 Å². The van der Waals surface area contributed by atoms with Crippen LogP contribution in [0.25, 0.3) is 0 Å². The summed E-state index contributed by atoms with van der Waals surface area (Å²) in [5, 5.41) is 23.4. The molecule has 0 aromatic carbocycles. The van der Waals surface area contributed by atoms with Crippen molar-refractivity contribution in [3.8, 4) is 0 Å². The van der Waals surface area contributed by atoms with Gasteiger partial charge in [-0.3, -0.25) is 4.79 Å². The number of carboxylic acids is 1. The van der Waals surface area contributed by atoms with Crippen molar-refractivity contribution in [1.29, 1.82) is 0 Å². The minimum Gasteiger partial charge on any atom is -0.478 e. The van der Waals surface area contributed by atoms with Gasteiger partial charge in [0.25, 0.3) is 0 Å². The summed E-state index contributed by atoms with van der Waals surface area (Å²) in [7, 11) is -1.13. The molecule has 1 aliphatic rings. The molecule has 1 saturated heterocycles. The normalized spacial score (nSPS) is 21.4. The zero-order valence-electron chi connectivity index (χ0n) is 12.0. The van der Waals surface area contributed by atoms with Gasteiger partial charge in [-0.15, -0.1) is 11.3 Å². The van der Waals surface area contributed by atoms with Crippen molar-refractivity contribution >= 4 is 30.3 Å². The molecule has 0 radical (unpaired) electrons. The fourth-order valence-electron chi connectivity index (χ4n) is 2.35. The molecule has 0 aliphatic carbocycles. The molecule has 0 saturated carbocycles. The first-order valence-electron chi connectivity index (χ1n) is 7.02. The van der Waals surface area contributed by atoms with Gasteiger partial charge in [0, 0.05) is 23.0 Å². The van der Waals surface area contributed by atoms with Crippen LogP contribution in [0.4, 0.5) is 0 Å². The largest absolute Gasteiger partial charge is 0.478 e. The first-order valence-corrected chi connectivity index (χ1v) is 7.90. The van der Waals surface area contributed by atoms with Gasteiger partial charge in [0.1, 0.15) is 0 Å². The minimum atomic E-state index is -1.13. The highest BCUT2D eigenvalue weighted by Crippen LogP contribution is 2.21. The van der Waals surface area contributed by atoms with Gasteiger partial charge in [0.2, 0.25) is 5.91 Å². The van der Waals surface area contributed by atoms with Crippen molar-refractivity contribution in [3.63, 3.8) is 0 Å². The molecule has 1 aromatic heterocycles. The zero-order valence-corrected chi connectivity index (χ0v) is 12.8. The number of nitrogens with one attached hydrogen (secondary N) is 1. The van der Waals surface area contributed by atoms with Crippen molar-refractivity contribution in [2.45, 2.75) is 37.7 Å². The molecule has 2 heterocycles. The van der Waals surface area contributed by atoms with E-state index in [-0.39, 0.29) is 30.4 Å². The Hall–Kier alpha value is -1.64. The number of carbonyl (C=O) groups excluding carboxylic acids is 1. The molecule has 0 bridgehead atoms. The number of rotatable bonds is 6. The Kier molecular flexibility index (Phi) is 5.76. The molecular weight excluding hydrogens is 305 g/mol. The Morgan fingerprint density at radius 2 is 2.27 bits per heavy atom. The van der Waals surface area contributed by atoms with Gasteiger partial charge < -0.3 is 20.1 Å². The number of amides is 1. The lowest BCUT2D eigenvalue weighted by Crippen LogP contribution is -2.53. The van der Waals surface area contributed by atoms with Gasteiger partial charge in [0.15, 0.2) is 0 Å². The van der Waals surface area contributed by atoms with Crippen LogP contribution in [0.3, 0.4) is 0 Å². The van der Waals surface area contributed by atoms with Crippen LogP contribution in [-0.4, -0.2) is 41.2 Å². The molecule has 1 fully saturated rings. The molecule has 1 amide bonds. The molecule has 1 aromatic rings. The molecular formula is C14H18BNO5S. The second kappa shape index (κ2) is 7.57. The number of aliphatic carboxylic acids is 1. The minimum absolute atomic E-state index is 0.0531. The van der Waals surface area contributed by atoms with Crippen molar-refractivity contribution in [2.75, 3.05) is 0 Å². The van der Waals surface area contributed by atoms with Crippen LogP contribution in [0.2, 0.25) is 0 Å². The van der Waals surface area contributed by atoms with Crippen molar-refractivity contribution < 1.29 is 24.4 Å². The number of hydrogen-bond acceptors (Lipinski definition) is 5. The monoisotopic (exact) mass is 323 g/mol. The van der Waals surface area contributed by atoms with E-state index in [0.29, 0.717) is 12.8 Å². The van der Waals surface area contributed by atoms with Crippen LogP contribution in [0.5, 0.6) is 0 Å². The predicted octanol–water partition coefficient (Wildman–Crippen LogP) is 1.01. The maximum absolute atomic E-state index is 11.9. The van der Waals surface area contributed by atoms with Crippen LogP contribution < -0.4 is 5.32 Å². The van der Waals surface area contributed by atoms with Gasteiger partial charge in [-0.05, 0) is 24.3 Å². The molecule has 2 rings (SSSR count). The maximum Gasteiger partial charge on any atom is 0.478 e. The maximum atomic E-state index is 11.9. The van der Waals surface area contributed by atoms with Crippen molar-refractivity contribution in [3.05, 3.63) is 34.5 Å². The van der Waals surface area contributed by atoms with Crippen molar-refractivity contribution in [2.24, 2.45) is 0 Å². The number of thiophene rings is 1. The van der Waals surface area contributed by atoms with E-state index in [4.69, 9.17) is 9.76 Å². The lowest BCUT2D eigenvalue weighted by atomic mass is 9.72. The molecule has 0 spiro atoms. The van der Waals surface area contributed by atoms with E-state index in [9.17, 15) is 14.6 Å². The first-order chi connectivity index (χ1) is 10.5. The first kappa shape index (κ1) is 16.7. The third-order valence-electron chi connectivity index (χ3n) is 3.51. The summed E-state index contributed by atoms with van der Waals surface area (Å²) in [6, 6.07) is 3.76. The summed E-state index contributed by atoms with van der Waals surface area (Å²) in [5.41, 5.74) is 0.0531. The Morgan fingerprint density at radius 3 is 2.86 bits per heavy atom. The molecule has 2 atom stereocenters. The number of carbonyl (C=O) groups is 2. The molecule has 6 nitrogen and oxygen atoms in total. The van der Waals surface area contributed by atoms with Gasteiger partial charge in [-0.1, -0.05) is 12.6 Å². The highest BCUT2D eigenvalue weighted by molar-refractivity contribution is 7.10. The summed E-state index contributed by atoms with van der Waals surface area (Å²) in [6.07, 6.45) is 1.16. The van der Waals surface area contributed by atoms with Crippen LogP contribution in [0.1, 0.15) is 24.1 Å². The third kappa shape index (κ3) is 4.69. The van der Waals surface area contributed by atoms with Gasteiger partial charge >= 0.3 is 13.1 Å². The Bertz CT molecular complexity index is 547. The molecule has 1 aliphatic heterocycles. The highest BCUT2D eigenvalue weighted by Gasteiger charge is 2.36. The Morgan fingerprint density at radius 1 is 1.50 bits per heavy atom. The van der Waals surface area contributed by atoms with Gasteiger partial charge in [-0.2, -0.15) is 0 Å². The zero-order chi connectivity index (χ0) is 16.1. The highest BCUT2D eigenvalue weighted by atomic mass is 32.1. The predicted molar refractivity (Wildman–Crippen MR) is 83.4 cm³/mol. The summed E-state index contributed by atoms with van der Waals surface area (Å²) in [5.74, 6) is -1.70. The Labute approximate surface area is 132 Å². The second-order valence-corrected chi connectivity index (χ2v) is 6.30. The molecule has 22 heavy (non-hydrogen) atoms. The van der Waals surface area contributed by atoms with E-state index in [2.05, 4.69) is 11.9 Å². The molecule has 118 valence electrons. The van der Waals surface area contributed by atoms with E-state index < -0.39 is 19.0 Å². The lowest BCUT2D eigenvalue weighted by molar-refractivity contribution is -0.133. The lowest BCUT2D eigenvalue weighted by Gasteiger charge is -2.31. The fourth-order valence-corrected chi connectivity index (χ4v) is 3.06. The Balaban J connectivity index is 1.79. The second-order valence-electron chi connectivity index (χ2n) is 5.27. The molecule has 8 heteroatoms. The van der Waals surface area contributed by atoms with E-state index in [1.54, 1.807) is 0 Å². The molecule has 1 unspecified atom stereocenters.